The molecule has 0 saturated heterocycles. The first kappa shape index (κ1) is 14.4. The predicted molar refractivity (Wildman–Crippen MR) is 79.5 cm³/mol. The van der Waals surface area contributed by atoms with Gasteiger partial charge in [-0.15, -0.1) is 0 Å². The summed E-state index contributed by atoms with van der Waals surface area (Å²) >= 11 is 0. The monoisotopic (exact) mass is 302 g/mol. The van der Waals surface area contributed by atoms with E-state index in [1.807, 2.05) is 12.1 Å². The number of aliphatic hydroxyl groups excluding tert-OH is 1. The normalized spacial score (nSPS) is 19.9. The fraction of sp³-hybridized carbons (Fsp3) is 0.333. The molecule has 0 saturated carbocycles. The second-order valence-corrected chi connectivity index (χ2v) is 5.16. The van der Waals surface area contributed by atoms with E-state index in [1.165, 1.54) is 0 Å². The number of H-pyrrole nitrogens is 1. The SMILES string of the molecule is O=C(NCCc1cn[nH]c1)NC1COc2ccccc2C1O. The molecule has 2 aromatic rings. The molecule has 0 fully saturated rings. The summed E-state index contributed by atoms with van der Waals surface area (Å²) in [6.07, 6.45) is 3.42. The molecule has 3 rings (SSSR count). The molecule has 116 valence electrons. The highest BCUT2D eigenvalue weighted by Crippen LogP contribution is 2.31. The van der Waals surface area contributed by atoms with Gasteiger partial charge in [-0.3, -0.25) is 5.10 Å². The first-order valence-electron chi connectivity index (χ1n) is 7.16. The summed E-state index contributed by atoms with van der Waals surface area (Å²) in [6.45, 7) is 0.735. The van der Waals surface area contributed by atoms with Gasteiger partial charge in [-0.2, -0.15) is 5.10 Å². The Morgan fingerprint density at radius 3 is 3.14 bits per heavy atom. The summed E-state index contributed by atoms with van der Waals surface area (Å²) < 4.78 is 5.56. The highest BCUT2D eigenvalue weighted by atomic mass is 16.5. The minimum Gasteiger partial charge on any atom is -0.491 e. The van der Waals surface area contributed by atoms with Crippen molar-refractivity contribution in [2.24, 2.45) is 0 Å². The molecule has 2 amide bonds. The average molecular weight is 302 g/mol. The van der Waals surface area contributed by atoms with Crippen LogP contribution in [0.25, 0.3) is 0 Å². The molecule has 2 atom stereocenters. The van der Waals surface area contributed by atoms with Gasteiger partial charge < -0.3 is 20.5 Å². The maximum absolute atomic E-state index is 11.9. The van der Waals surface area contributed by atoms with Crippen molar-refractivity contribution in [1.82, 2.24) is 20.8 Å². The third kappa shape index (κ3) is 3.20. The number of hydrogen-bond donors (Lipinski definition) is 4. The number of rotatable bonds is 4. The van der Waals surface area contributed by atoms with Gasteiger partial charge in [0.25, 0.3) is 0 Å². The lowest BCUT2D eigenvalue weighted by atomic mass is 9.99. The van der Waals surface area contributed by atoms with E-state index in [0.717, 1.165) is 5.56 Å². The number of ether oxygens (including phenoxy) is 1. The van der Waals surface area contributed by atoms with Crippen LogP contribution >= 0.6 is 0 Å². The molecule has 0 aliphatic carbocycles. The number of nitrogens with zero attached hydrogens (tertiary/aromatic N) is 1. The number of aromatic nitrogens is 2. The molecule has 7 nitrogen and oxygen atoms in total. The highest BCUT2D eigenvalue weighted by Gasteiger charge is 2.30. The smallest absolute Gasteiger partial charge is 0.315 e. The number of para-hydroxylation sites is 1. The van der Waals surface area contributed by atoms with E-state index in [0.29, 0.717) is 24.3 Å². The number of urea groups is 1. The van der Waals surface area contributed by atoms with Crippen LogP contribution in [-0.2, 0) is 6.42 Å². The Morgan fingerprint density at radius 1 is 1.45 bits per heavy atom. The maximum atomic E-state index is 11.9. The molecule has 1 aliphatic heterocycles. The zero-order valence-corrected chi connectivity index (χ0v) is 12.0. The minimum atomic E-state index is -0.774. The van der Waals surface area contributed by atoms with Crippen molar-refractivity contribution in [3.63, 3.8) is 0 Å². The minimum absolute atomic E-state index is 0.243. The van der Waals surface area contributed by atoms with Crippen LogP contribution in [0.2, 0.25) is 0 Å². The summed E-state index contributed by atoms with van der Waals surface area (Å²) in [4.78, 5) is 11.9. The molecule has 1 aliphatic rings. The van der Waals surface area contributed by atoms with E-state index < -0.39 is 12.1 Å². The fourth-order valence-electron chi connectivity index (χ4n) is 2.42. The second kappa shape index (κ2) is 6.48. The summed E-state index contributed by atoms with van der Waals surface area (Å²) in [5.74, 6) is 0.661. The number of hydrogen-bond acceptors (Lipinski definition) is 4. The van der Waals surface area contributed by atoms with Crippen LogP contribution in [0.1, 0.15) is 17.2 Å². The van der Waals surface area contributed by atoms with E-state index in [1.54, 1.807) is 24.5 Å². The summed E-state index contributed by atoms with van der Waals surface area (Å²) in [5.41, 5.74) is 1.72. The lowest BCUT2D eigenvalue weighted by Gasteiger charge is -2.30. The zero-order valence-electron chi connectivity index (χ0n) is 12.0. The largest absolute Gasteiger partial charge is 0.491 e. The predicted octanol–water partition coefficient (Wildman–Crippen LogP) is 0.746. The summed E-state index contributed by atoms with van der Waals surface area (Å²) in [7, 11) is 0. The number of carbonyl (C=O) groups excluding carboxylic acids is 1. The molecule has 0 bridgehead atoms. The van der Waals surface area contributed by atoms with Gasteiger partial charge in [0, 0.05) is 18.3 Å². The van der Waals surface area contributed by atoms with Crippen LogP contribution in [0.3, 0.4) is 0 Å². The molecule has 7 heteroatoms. The van der Waals surface area contributed by atoms with Crippen molar-refractivity contribution < 1.29 is 14.6 Å². The van der Waals surface area contributed by atoms with Gasteiger partial charge in [0.1, 0.15) is 18.5 Å². The van der Waals surface area contributed by atoms with Crippen molar-refractivity contribution in [1.29, 1.82) is 0 Å². The molecule has 22 heavy (non-hydrogen) atoms. The van der Waals surface area contributed by atoms with E-state index in [4.69, 9.17) is 4.74 Å². The van der Waals surface area contributed by atoms with Crippen molar-refractivity contribution in [3.8, 4) is 5.75 Å². The van der Waals surface area contributed by atoms with Crippen molar-refractivity contribution in [2.75, 3.05) is 13.2 Å². The quantitative estimate of drug-likeness (QED) is 0.669. The van der Waals surface area contributed by atoms with E-state index in [-0.39, 0.29) is 12.6 Å². The molecule has 2 unspecified atom stereocenters. The number of benzene rings is 1. The van der Waals surface area contributed by atoms with Gasteiger partial charge >= 0.3 is 6.03 Å². The van der Waals surface area contributed by atoms with E-state index >= 15 is 0 Å². The Bertz CT molecular complexity index is 629. The Kier molecular flexibility index (Phi) is 4.24. The van der Waals surface area contributed by atoms with Crippen LogP contribution in [0.15, 0.2) is 36.7 Å². The summed E-state index contributed by atoms with van der Waals surface area (Å²) in [5, 5.41) is 22.4. The number of nitrogens with one attached hydrogen (secondary N) is 3. The van der Waals surface area contributed by atoms with E-state index in [9.17, 15) is 9.90 Å². The van der Waals surface area contributed by atoms with Gasteiger partial charge in [0.2, 0.25) is 0 Å². The van der Waals surface area contributed by atoms with Gasteiger partial charge in [-0.1, -0.05) is 18.2 Å². The lowest BCUT2D eigenvalue weighted by Crippen LogP contribution is -2.49. The van der Waals surface area contributed by atoms with E-state index in [2.05, 4.69) is 20.8 Å². The van der Waals surface area contributed by atoms with Gasteiger partial charge in [0.05, 0.1) is 12.2 Å². The van der Waals surface area contributed by atoms with Crippen molar-refractivity contribution in [2.45, 2.75) is 18.6 Å². The Hall–Kier alpha value is -2.54. The number of fused-ring (bicyclic) bond motifs is 1. The first-order chi connectivity index (χ1) is 10.7. The third-order valence-corrected chi connectivity index (χ3v) is 3.61. The standard InChI is InChI=1S/C15H18N4O3/c20-14-11-3-1-2-4-13(11)22-9-12(14)19-15(21)16-6-5-10-7-17-18-8-10/h1-4,7-8,12,14,20H,5-6,9H2,(H,17,18)(H2,16,19,21). The Labute approximate surface area is 127 Å². The third-order valence-electron chi connectivity index (χ3n) is 3.61. The van der Waals surface area contributed by atoms with Crippen LogP contribution < -0.4 is 15.4 Å². The number of aromatic amines is 1. The van der Waals surface area contributed by atoms with Gasteiger partial charge in [-0.25, -0.2) is 4.79 Å². The van der Waals surface area contributed by atoms with Gasteiger partial charge in [0.15, 0.2) is 0 Å². The van der Waals surface area contributed by atoms with Crippen molar-refractivity contribution in [3.05, 3.63) is 47.8 Å². The molecule has 0 radical (unpaired) electrons. The zero-order chi connectivity index (χ0) is 15.4. The molecule has 1 aromatic heterocycles. The molecule has 1 aromatic carbocycles. The Balaban J connectivity index is 1.50. The molecule has 4 N–H and O–H groups in total. The van der Waals surface area contributed by atoms with Crippen LogP contribution in [0, 0.1) is 0 Å². The van der Waals surface area contributed by atoms with Crippen LogP contribution in [-0.4, -0.2) is 40.5 Å². The summed E-state index contributed by atoms with van der Waals surface area (Å²) in [6, 6.07) is 6.49. The maximum Gasteiger partial charge on any atom is 0.315 e. The fourth-order valence-corrected chi connectivity index (χ4v) is 2.42. The van der Waals surface area contributed by atoms with Crippen LogP contribution in [0.5, 0.6) is 5.75 Å². The molecule has 0 spiro atoms. The number of carbonyl (C=O) groups is 1. The topological polar surface area (TPSA) is 99.3 Å². The lowest BCUT2D eigenvalue weighted by molar-refractivity contribution is 0.0774. The first-order valence-corrected chi connectivity index (χ1v) is 7.16. The Morgan fingerprint density at radius 2 is 2.32 bits per heavy atom. The molecular weight excluding hydrogens is 284 g/mol. The average Bonchev–Trinajstić information content (AvgIpc) is 3.04. The number of aliphatic hydroxyl groups is 1. The molecule has 2 heterocycles. The number of amides is 2. The van der Waals surface area contributed by atoms with Crippen LogP contribution in [0.4, 0.5) is 4.79 Å². The second-order valence-electron chi connectivity index (χ2n) is 5.16. The van der Waals surface area contributed by atoms with Gasteiger partial charge in [-0.05, 0) is 18.1 Å². The van der Waals surface area contributed by atoms with Crippen molar-refractivity contribution >= 4 is 6.03 Å². The highest BCUT2D eigenvalue weighted by molar-refractivity contribution is 5.74. The molecular formula is C15H18N4O3.